The van der Waals surface area contributed by atoms with Crippen LogP contribution in [0.2, 0.25) is 0 Å². The summed E-state index contributed by atoms with van der Waals surface area (Å²) >= 11 is 1.47. The first kappa shape index (κ1) is 23.2. The molecule has 33 heavy (non-hydrogen) atoms. The van der Waals surface area contributed by atoms with Gasteiger partial charge in [-0.2, -0.15) is 0 Å². The van der Waals surface area contributed by atoms with E-state index in [2.05, 4.69) is 4.90 Å². The summed E-state index contributed by atoms with van der Waals surface area (Å²) in [6.45, 7) is 4.95. The van der Waals surface area contributed by atoms with E-state index in [0.29, 0.717) is 28.7 Å². The third kappa shape index (κ3) is 5.71. The topological polar surface area (TPSA) is 64.1 Å². The highest BCUT2D eigenvalue weighted by Crippen LogP contribution is 2.34. The third-order valence-corrected chi connectivity index (χ3v) is 6.49. The molecule has 2 heterocycles. The second kappa shape index (κ2) is 11.3. The number of benzene rings is 2. The van der Waals surface area contributed by atoms with E-state index in [0.717, 1.165) is 50.5 Å². The number of hydrogen-bond donors (Lipinski definition) is 0. The van der Waals surface area contributed by atoms with E-state index in [-0.39, 0.29) is 5.91 Å². The van der Waals surface area contributed by atoms with Crippen molar-refractivity contribution in [3.8, 4) is 22.8 Å². The average Bonchev–Trinajstić information content (AvgIpc) is 3.37. The molecule has 0 bridgehead atoms. The van der Waals surface area contributed by atoms with E-state index in [1.807, 2.05) is 53.9 Å². The molecule has 1 amide bonds. The van der Waals surface area contributed by atoms with Crippen LogP contribution in [0, 0.1) is 0 Å². The highest BCUT2D eigenvalue weighted by Gasteiger charge is 2.22. The molecule has 1 saturated heterocycles. The fourth-order valence-corrected chi connectivity index (χ4v) is 4.67. The number of aromatic nitrogens is 1. The fraction of sp³-hybridized carbons (Fsp3) is 0.360. The Morgan fingerprint density at radius 1 is 1.09 bits per heavy atom. The molecule has 0 aliphatic carbocycles. The van der Waals surface area contributed by atoms with Crippen molar-refractivity contribution >= 4 is 22.4 Å². The maximum Gasteiger partial charge on any atom is 0.260 e. The summed E-state index contributed by atoms with van der Waals surface area (Å²) < 4.78 is 16.2. The lowest BCUT2D eigenvalue weighted by atomic mass is 10.1. The molecular weight excluding hydrogens is 438 g/mol. The number of morpholine rings is 1. The smallest absolute Gasteiger partial charge is 0.260 e. The summed E-state index contributed by atoms with van der Waals surface area (Å²) in [5, 5.41) is 2.67. The third-order valence-electron chi connectivity index (χ3n) is 5.63. The van der Waals surface area contributed by atoms with Crippen molar-refractivity contribution in [2.75, 3.05) is 58.5 Å². The van der Waals surface area contributed by atoms with Crippen molar-refractivity contribution in [1.82, 2.24) is 9.88 Å². The van der Waals surface area contributed by atoms with Gasteiger partial charge in [0.25, 0.3) is 5.91 Å². The molecule has 4 rings (SSSR count). The van der Waals surface area contributed by atoms with Gasteiger partial charge in [0.15, 0.2) is 16.6 Å². The SMILES string of the molecule is COc1ccc(-c2csc(N(CCCN3CCOCC3)C(=O)c3ccccc3)n2)cc1OC. The van der Waals surface area contributed by atoms with Crippen LogP contribution in [0.4, 0.5) is 5.13 Å². The highest BCUT2D eigenvalue weighted by atomic mass is 32.1. The summed E-state index contributed by atoms with van der Waals surface area (Å²) in [5.74, 6) is 1.28. The molecule has 2 aromatic carbocycles. The van der Waals surface area contributed by atoms with Crippen LogP contribution >= 0.6 is 11.3 Å². The van der Waals surface area contributed by atoms with Gasteiger partial charge in [0.1, 0.15) is 0 Å². The fourth-order valence-electron chi connectivity index (χ4n) is 3.81. The van der Waals surface area contributed by atoms with Crippen molar-refractivity contribution in [3.63, 3.8) is 0 Å². The number of anilines is 1. The largest absolute Gasteiger partial charge is 0.493 e. The number of hydrogen-bond acceptors (Lipinski definition) is 7. The monoisotopic (exact) mass is 467 g/mol. The van der Waals surface area contributed by atoms with Gasteiger partial charge in [0.05, 0.1) is 33.1 Å². The molecule has 8 heteroatoms. The molecule has 174 valence electrons. The number of methoxy groups -OCH3 is 2. The molecule has 7 nitrogen and oxygen atoms in total. The molecule has 0 N–H and O–H groups in total. The summed E-state index contributed by atoms with van der Waals surface area (Å²) in [4.78, 5) is 22.4. The van der Waals surface area contributed by atoms with Gasteiger partial charge in [0.2, 0.25) is 0 Å². The van der Waals surface area contributed by atoms with Gasteiger partial charge in [0, 0.05) is 42.7 Å². The van der Waals surface area contributed by atoms with Gasteiger partial charge in [-0.1, -0.05) is 18.2 Å². The normalized spacial score (nSPS) is 14.1. The summed E-state index contributed by atoms with van der Waals surface area (Å²) in [5.41, 5.74) is 2.37. The molecule has 1 aromatic heterocycles. The van der Waals surface area contributed by atoms with Crippen LogP contribution in [0.15, 0.2) is 53.9 Å². The molecule has 3 aromatic rings. The van der Waals surface area contributed by atoms with Crippen molar-refractivity contribution in [2.24, 2.45) is 0 Å². The van der Waals surface area contributed by atoms with Crippen LogP contribution in [-0.2, 0) is 4.74 Å². The molecule has 0 radical (unpaired) electrons. The first-order valence-corrected chi connectivity index (χ1v) is 11.9. The standard InChI is InChI=1S/C25H29N3O4S/c1-30-22-10-9-20(17-23(22)31-2)21-18-33-25(26-21)28(24(29)19-7-4-3-5-8-19)12-6-11-27-13-15-32-16-14-27/h3-5,7-10,17-18H,6,11-16H2,1-2H3. The Kier molecular flexibility index (Phi) is 7.93. The maximum atomic E-state index is 13.4. The van der Waals surface area contributed by atoms with Gasteiger partial charge in [-0.3, -0.25) is 14.6 Å². The minimum Gasteiger partial charge on any atom is -0.493 e. The Balaban J connectivity index is 1.55. The van der Waals surface area contributed by atoms with Crippen molar-refractivity contribution in [3.05, 3.63) is 59.5 Å². The average molecular weight is 468 g/mol. The van der Waals surface area contributed by atoms with E-state index in [1.54, 1.807) is 19.1 Å². The summed E-state index contributed by atoms with van der Waals surface area (Å²) in [6.07, 6.45) is 0.865. The van der Waals surface area contributed by atoms with Crippen molar-refractivity contribution in [2.45, 2.75) is 6.42 Å². The van der Waals surface area contributed by atoms with Gasteiger partial charge < -0.3 is 14.2 Å². The highest BCUT2D eigenvalue weighted by molar-refractivity contribution is 7.14. The Morgan fingerprint density at radius 3 is 2.58 bits per heavy atom. The number of ether oxygens (including phenoxy) is 3. The first-order chi connectivity index (χ1) is 16.2. The Labute approximate surface area is 198 Å². The minimum absolute atomic E-state index is 0.0363. The summed E-state index contributed by atoms with van der Waals surface area (Å²) in [6, 6.07) is 15.1. The molecule has 1 fully saturated rings. The van der Waals surface area contributed by atoms with Crippen LogP contribution in [0.3, 0.4) is 0 Å². The number of carbonyl (C=O) groups excluding carboxylic acids is 1. The molecule has 0 unspecified atom stereocenters. The van der Waals surface area contributed by atoms with Crippen molar-refractivity contribution in [1.29, 1.82) is 0 Å². The second-order valence-electron chi connectivity index (χ2n) is 7.72. The number of rotatable bonds is 9. The number of nitrogens with zero attached hydrogens (tertiary/aromatic N) is 3. The van der Waals surface area contributed by atoms with Gasteiger partial charge in [-0.05, 0) is 36.8 Å². The second-order valence-corrected chi connectivity index (χ2v) is 8.55. The maximum absolute atomic E-state index is 13.4. The molecular formula is C25H29N3O4S. The first-order valence-electron chi connectivity index (χ1n) is 11.0. The zero-order valence-corrected chi connectivity index (χ0v) is 19.8. The Hall–Kier alpha value is -2.94. The van der Waals surface area contributed by atoms with Crippen molar-refractivity contribution < 1.29 is 19.0 Å². The lowest BCUT2D eigenvalue weighted by Gasteiger charge is -2.27. The van der Waals surface area contributed by atoms with E-state index >= 15 is 0 Å². The summed E-state index contributed by atoms with van der Waals surface area (Å²) in [7, 11) is 3.23. The minimum atomic E-state index is -0.0363. The predicted molar refractivity (Wildman–Crippen MR) is 131 cm³/mol. The zero-order valence-electron chi connectivity index (χ0n) is 19.0. The number of carbonyl (C=O) groups is 1. The van der Waals surface area contributed by atoms with Gasteiger partial charge >= 0.3 is 0 Å². The van der Waals surface area contributed by atoms with Crippen LogP contribution in [0.5, 0.6) is 11.5 Å². The Bertz CT molecular complexity index is 1050. The molecule has 0 saturated carbocycles. The van der Waals surface area contributed by atoms with Crippen LogP contribution in [0.1, 0.15) is 16.8 Å². The molecule has 1 aliphatic rings. The number of amides is 1. The van der Waals surface area contributed by atoms with Crippen LogP contribution < -0.4 is 14.4 Å². The van der Waals surface area contributed by atoms with Crippen LogP contribution in [-0.4, -0.2) is 69.4 Å². The van der Waals surface area contributed by atoms with E-state index in [4.69, 9.17) is 19.2 Å². The molecule has 0 spiro atoms. The molecule has 0 atom stereocenters. The Morgan fingerprint density at radius 2 is 1.85 bits per heavy atom. The molecule has 1 aliphatic heterocycles. The number of thiazole rings is 1. The van der Waals surface area contributed by atoms with E-state index < -0.39 is 0 Å². The van der Waals surface area contributed by atoms with Gasteiger partial charge in [-0.25, -0.2) is 4.98 Å². The lowest BCUT2D eigenvalue weighted by molar-refractivity contribution is 0.0376. The lowest BCUT2D eigenvalue weighted by Crippen LogP contribution is -2.39. The van der Waals surface area contributed by atoms with E-state index in [9.17, 15) is 4.79 Å². The zero-order chi connectivity index (χ0) is 23.0. The quantitative estimate of drug-likeness (QED) is 0.470. The predicted octanol–water partition coefficient (Wildman–Crippen LogP) is 4.20. The van der Waals surface area contributed by atoms with Crippen LogP contribution in [0.25, 0.3) is 11.3 Å². The van der Waals surface area contributed by atoms with Gasteiger partial charge in [-0.15, -0.1) is 11.3 Å². The van der Waals surface area contributed by atoms with E-state index in [1.165, 1.54) is 11.3 Å².